The van der Waals surface area contributed by atoms with Gasteiger partial charge in [0.1, 0.15) is 28.4 Å². The van der Waals surface area contributed by atoms with Gasteiger partial charge in [-0.05, 0) is 48.5 Å². The van der Waals surface area contributed by atoms with Gasteiger partial charge in [-0.25, -0.2) is 13.6 Å². The van der Waals surface area contributed by atoms with Gasteiger partial charge in [-0.1, -0.05) is 29.5 Å². The predicted octanol–water partition coefficient (Wildman–Crippen LogP) is 2.19. The van der Waals surface area contributed by atoms with Crippen molar-refractivity contribution in [3.05, 3.63) is 93.2 Å². The van der Waals surface area contributed by atoms with Gasteiger partial charge in [0, 0.05) is 11.6 Å². The predicted molar refractivity (Wildman–Crippen MR) is 122 cm³/mol. The number of aromatic nitrogens is 3. The molecule has 0 amide bonds. The summed E-state index contributed by atoms with van der Waals surface area (Å²) in [7, 11) is -3.76. The highest BCUT2D eigenvalue weighted by Gasteiger charge is 2.12. The first-order chi connectivity index (χ1) is 15.9. The summed E-state index contributed by atoms with van der Waals surface area (Å²) in [5.74, 6) is 2.10. The van der Waals surface area contributed by atoms with Gasteiger partial charge in [0.2, 0.25) is 15.0 Å². The molecule has 0 radical (unpaired) electrons. The van der Waals surface area contributed by atoms with E-state index < -0.39 is 10.0 Å². The van der Waals surface area contributed by atoms with Gasteiger partial charge >= 0.3 is 0 Å². The SMILES string of the molecule is NS(=O)(=O)c1ccc(-c2ccc(/C=c3\sc4nc(COc5ccccc5)nn4c3=O)o2)cc1. The molecule has 0 atom stereocenters. The van der Waals surface area contributed by atoms with Crippen LogP contribution in [-0.4, -0.2) is 23.0 Å². The standard InChI is InChI=1S/C22H16N4O5S2/c23-33(28,29)17-9-6-14(7-10-17)18-11-8-16(31-18)12-19-21(27)26-22(32-19)24-20(25-26)13-30-15-4-2-1-3-5-15/h1-12H,13H2,(H2,23,28,29)/b19-12-. The maximum Gasteiger partial charge on any atom is 0.291 e. The fraction of sp³-hybridized carbons (Fsp3) is 0.0455. The van der Waals surface area contributed by atoms with Crippen LogP contribution < -0.4 is 20.0 Å². The highest BCUT2D eigenvalue weighted by atomic mass is 32.2. The van der Waals surface area contributed by atoms with E-state index in [4.69, 9.17) is 14.3 Å². The van der Waals surface area contributed by atoms with E-state index in [9.17, 15) is 13.2 Å². The molecule has 3 heterocycles. The van der Waals surface area contributed by atoms with Gasteiger partial charge in [-0.15, -0.1) is 5.10 Å². The molecule has 11 heteroatoms. The molecular weight excluding hydrogens is 464 g/mol. The summed E-state index contributed by atoms with van der Waals surface area (Å²) >= 11 is 1.20. The average Bonchev–Trinajstić information content (AvgIpc) is 3.50. The molecule has 0 aliphatic carbocycles. The molecule has 5 rings (SSSR count). The lowest BCUT2D eigenvalue weighted by Gasteiger charge is -2.01. The summed E-state index contributed by atoms with van der Waals surface area (Å²) in [4.78, 5) is 17.6. The molecule has 3 aromatic heterocycles. The van der Waals surface area contributed by atoms with Gasteiger partial charge in [0.05, 0.1) is 4.90 Å². The van der Waals surface area contributed by atoms with Crippen LogP contribution in [0.4, 0.5) is 0 Å². The second-order valence-corrected chi connectivity index (χ2v) is 9.58. The first kappa shape index (κ1) is 21.1. The Labute approximate surface area is 191 Å². The normalized spacial score (nSPS) is 12.5. The number of hydrogen-bond acceptors (Lipinski definition) is 8. The van der Waals surface area contributed by atoms with E-state index in [2.05, 4.69) is 10.1 Å². The van der Waals surface area contributed by atoms with Crippen LogP contribution in [0.3, 0.4) is 0 Å². The monoisotopic (exact) mass is 480 g/mol. The zero-order valence-corrected chi connectivity index (χ0v) is 18.5. The minimum atomic E-state index is -3.76. The summed E-state index contributed by atoms with van der Waals surface area (Å²) in [5.41, 5.74) is 0.374. The number of fused-ring (bicyclic) bond motifs is 1. The van der Waals surface area contributed by atoms with Crippen LogP contribution >= 0.6 is 11.3 Å². The number of hydrogen-bond donors (Lipinski definition) is 1. The molecular formula is C22H16N4O5S2. The second-order valence-electron chi connectivity index (χ2n) is 7.01. The number of benzene rings is 2. The minimum absolute atomic E-state index is 0.0172. The molecule has 9 nitrogen and oxygen atoms in total. The Morgan fingerprint density at radius 1 is 1.06 bits per heavy atom. The van der Waals surface area contributed by atoms with Gasteiger partial charge < -0.3 is 9.15 Å². The quantitative estimate of drug-likeness (QED) is 0.394. The van der Waals surface area contributed by atoms with Crippen molar-refractivity contribution in [2.45, 2.75) is 11.5 Å². The van der Waals surface area contributed by atoms with E-state index in [-0.39, 0.29) is 17.1 Å². The summed E-state index contributed by atoms with van der Waals surface area (Å²) in [6.07, 6.45) is 1.62. The number of furan rings is 1. The van der Waals surface area contributed by atoms with E-state index in [1.165, 1.54) is 28.0 Å². The van der Waals surface area contributed by atoms with Crippen LogP contribution in [0.25, 0.3) is 22.4 Å². The first-order valence-corrected chi connectivity index (χ1v) is 12.0. The van der Waals surface area contributed by atoms with Crippen LogP contribution in [0.15, 0.2) is 80.8 Å². The van der Waals surface area contributed by atoms with E-state index in [0.717, 1.165) is 0 Å². The first-order valence-electron chi connectivity index (χ1n) is 9.68. The third-order valence-electron chi connectivity index (χ3n) is 4.70. The Hall–Kier alpha value is -3.80. The lowest BCUT2D eigenvalue weighted by molar-refractivity contribution is 0.296. The van der Waals surface area contributed by atoms with Crippen LogP contribution in [0.2, 0.25) is 0 Å². The Morgan fingerprint density at radius 2 is 1.82 bits per heavy atom. The van der Waals surface area contributed by atoms with Crippen LogP contribution in [0.1, 0.15) is 11.6 Å². The average molecular weight is 481 g/mol. The third-order valence-corrected chi connectivity index (χ3v) is 6.59. The fourth-order valence-electron chi connectivity index (χ4n) is 3.12. The molecule has 0 saturated heterocycles. The Morgan fingerprint density at radius 3 is 2.52 bits per heavy atom. The van der Waals surface area contributed by atoms with Gasteiger partial charge in [0.15, 0.2) is 5.82 Å². The molecule has 0 fully saturated rings. The van der Waals surface area contributed by atoms with Gasteiger partial charge in [0.25, 0.3) is 5.56 Å². The topological polar surface area (TPSA) is 130 Å². The number of rotatable bonds is 6. The number of thiazole rings is 1. The number of ether oxygens (including phenoxy) is 1. The third kappa shape index (κ3) is 4.42. The zero-order valence-electron chi connectivity index (χ0n) is 16.9. The van der Waals surface area contributed by atoms with Crippen LogP contribution in [-0.2, 0) is 16.6 Å². The number of nitrogens with zero attached hydrogens (tertiary/aromatic N) is 3. The number of primary sulfonamides is 1. The minimum Gasteiger partial charge on any atom is -0.486 e. The number of para-hydroxylation sites is 1. The molecule has 0 bridgehead atoms. The van der Waals surface area contributed by atoms with E-state index in [1.54, 1.807) is 30.3 Å². The van der Waals surface area contributed by atoms with Crippen molar-refractivity contribution >= 4 is 32.4 Å². The zero-order chi connectivity index (χ0) is 23.0. The van der Waals surface area contributed by atoms with Crippen molar-refractivity contribution in [2.75, 3.05) is 0 Å². The van der Waals surface area contributed by atoms with Crippen LogP contribution in [0.5, 0.6) is 5.75 Å². The molecule has 33 heavy (non-hydrogen) atoms. The van der Waals surface area contributed by atoms with Crippen molar-refractivity contribution in [1.29, 1.82) is 0 Å². The van der Waals surface area contributed by atoms with Crippen LogP contribution in [0, 0.1) is 0 Å². The second kappa shape index (κ2) is 8.28. The molecule has 2 N–H and O–H groups in total. The highest BCUT2D eigenvalue weighted by molar-refractivity contribution is 7.89. The molecule has 0 aliphatic rings. The Bertz CT molecular complexity index is 1650. The number of nitrogens with two attached hydrogens (primary N) is 1. The highest BCUT2D eigenvalue weighted by Crippen LogP contribution is 2.24. The van der Waals surface area contributed by atoms with E-state index in [1.807, 2.05) is 30.3 Å². The van der Waals surface area contributed by atoms with E-state index >= 15 is 0 Å². The van der Waals surface area contributed by atoms with Gasteiger partial charge in [-0.3, -0.25) is 4.79 Å². The van der Waals surface area contributed by atoms with Crippen molar-refractivity contribution in [3.63, 3.8) is 0 Å². The largest absolute Gasteiger partial charge is 0.486 e. The lowest BCUT2D eigenvalue weighted by atomic mass is 10.2. The lowest BCUT2D eigenvalue weighted by Crippen LogP contribution is -2.23. The summed E-state index contributed by atoms with van der Waals surface area (Å²) < 4.78 is 35.9. The maximum absolute atomic E-state index is 12.7. The summed E-state index contributed by atoms with van der Waals surface area (Å²) in [5, 5.41) is 9.36. The molecule has 5 aromatic rings. The van der Waals surface area contributed by atoms with Crippen molar-refractivity contribution in [3.8, 4) is 17.1 Å². The van der Waals surface area contributed by atoms with Crippen molar-refractivity contribution in [1.82, 2.24) is 14.6 Å². The Balaban J connectivity index is 1.37. The molecule has 166 valence electrons. The molecule has 0 aliphatic heterocycles. The maximum atomic E-state index is 12.7. The summed E-state index contributed by atoms with van der Waals surface area (Å²) in [6, 6.07) is 18.8. The smallest absolute Gasteiger partial charge is 0.291 e. The van der Waals surface area contributed by atoms with Gasteiger partial charge in [-0.2, -0.15) is 9.50 Å². The fourth-order valence-corrected chi connectivity index (χ4v) is 4.55. The molecule has 0 saturated carbocycles. The van der Waals surface area contributed by atoms with Crippen molar-refractivity contribution < 1.29 is 17.6 Å². The van der Waals surface area contributed by atoms with Crippen molar-refractivity contribution in [2.24, 2.45) is 5.14 Å². The molecule has 0 spiro atoms. The molecule has 0 unspecified atom stereocenters. The number of sulfonamides is 1. The summed E-state index contributed by atoms with van der Waals surface area (Å²) in [6.45, 7) is 0.155. The Kier molecular flexibility index (Phi) is 5.29. The molecule has 2 aromatic carbocycles. The van der Waals surface area contributed by atoms with E-state index in [0.29, 0.717) is 38.2 Å².